The van der Waals surface area contributed by atoms with Gasteiger partial charge in [-0.2, -0.15) is 15.8 Å². The predicted molar refractivity (Wildman–Crippen MR) is 69.5 cm³/mol. The van der Waals surface area contributed by atoms with Gasteiger partial charge in [-0.1, -0.05) is 12.1 Å². The molecule has 1 aromatic rings. The number of carbonyl (C=O) groups is 1. The molecule has 2 rings (SSSR count). The van der Waals surface area contributed by atoms with Gasteiger partial charge in [-0.15, -0.1) is 0 Å². The molecule has 0 saturated carbocycles. The Morgan fingerprint density at radius 1 is 1.20 bits per heavy atom. The first-order valence-corrected chi connectivity index (χ1v) is 5.78. The predicted octanol–water partition coefficient (Wildman–Crippen LogP) is 1.10. The van der Waals surface area contributed by atoms with Crippen molar-refractivity contribution < 1.29 is 4.79 Å². The van der Waals surface area contributed by atoms with Gasteiger partial charge in [-0.3, -0.25) is 4.79 Å². The molecule has 96 valence electrons. The number of fused-ring (bicyclic) bond motifs is 1. The fourth-order valence-electron chi connectivity index (χ4n) is 1.97. The van der Waals surface area contributed by atoms with E-state index >= 15 is 0 Å². The van der Waals surface area contributed by atoms with E-state index in [1.807, 2.05) is 6.07 Å². The van der Waals surface area contributed by atoms with Gasteiger partial charge in [0.2, 0.25) is 5.91 Å². The van der Waals surface area contributed by atoms with Crippen LogP contribution < -0.4 is 10.6 Å². The molecule has 1 aliphatic heterocycles. The van der Waals surface area contributed by atoms with Crippen molar-refractivity contribution in [1.29, 1.82) is 15.8 Å². The minimum absolute atomic E-state index is 0.0552. The maximum absolute atomic E-state index is 11.3. The zero-order valence-electron chi connectivity index (χ0n) is 10.4. The Bertz CT molecular complexity index is 711. The van der Waals surface area contributed by atoms with Crippen LogP contribution in [0.1, 0.15) is 11.1 Å². The quantitative estimate of drug-likeness (QED) is 0.775. The lowest BCUT2D eigenvalue weighted by Crippen LogP contribution is -2.30. The molecule has 1 heterocycles. The summed E-state index contributed by atoms with van der Waals surface area (Å²) in [5, 5.41) is 32.1. The number of anilines is 1. The molecule has 0 aliphatic carbocycles. The van der Waals surface area contributed by atoms with Crippen LogP contribution in [0.3, 0.4) is 0 Å². The van der Waals surface area contributed by atoms with Crippen molar-refractivity contribution in [3.63, 3.8) is 0 Å². The number of carbonyl (C=O) groups excluding carboxylic acids is 1. The van der Waals surface area contributed by atoms with Gasteiger partial charge in [0.25, 0.3) is 0 Å². The van der Waals surface area contributed by atoms with E-state index in [4.69, 9.17) is 15.8 Å². The minimum atomic E-state index is -0.273. The van der Waals surface area contributed by atoms with Gasteiger partial charge < -0.3 is 10.6 Å². The number of hydrogen-bond donors (Lipinski definition) is 2. The highest BCUT2D eigenvalue weighted by molar-refractivity contribution is 5.82. The highest BCUT2D eigenvalue weighted by atomic mass is 16.1. The van der Waals surface area contributed by atoms with Crippen molar-refractivity contribution in [2.24, 2.45) is 0 Å². The summed E-state index contributed by atoms with van der Waals surface area (Å²) in [6.45, 7) is 0.352. The number of allylic oxidation sites excluding steroid dienone is 2. The first kappa shape index (κ1) is 13.1. The van der Waals surface area contributed by atoms with Crippen LogP contribution in [0.25, 0.3) is 0 Å². The number of nitrogens with one attached hydrogen (secondary N) is 2. The van der Waals surface area contributed by atoms with Gasteiger partial charge in [0.05, 0.1) is 6.42 Å². The second-order valence-corrected chi connectivity index (χ2v) is 4.11. The standard InChI is InChI=1S/C14H9N5O/c15-5-10(6-16)13(7-17)19-12-3-1-2-9-4-14(20)18-8-11(9)12/h1-3,19H,4,8H2,(H,18,20). The van der Waals surface area contributed by atoms with Gasteiger partial charge in [-0.25, -0.2) is 0 Å². The molecule has 20 heavy (non-hydrogen) atoms. The number of rotatable bonds is 2. The van der Waals surface area contributed by atoms with Crippen LogP contribution in [0.2, 0.25) is 0 Å². The normalized spacial score (nSPS) is 11.9. The summed E-state index contributed by atoms with van der Waals surface area (Å²) < 4.78 is 0. The minimum Gasteiger partial charge on any atom is -0.352 e. The third-order valence-electron chi connectivity index (χ3n) is 2.93. The van der Waals surface area contributed by atoms with Gasteiger partial charge in [0.15, 0.2) is 5.57 Å². The van der Waals surface area contributed by atoms with E-state index in [9.17, 15) is 4.79 Å². The van der Waals surface area contributed by atoms with Crippen molar-refractivity contribution in [3.05, 3.63) is 40.6 Å². The van der Waals surface area contributed by atoms with Gasteiger partial charge in [-0.05, 0) is 17.2 Å². The number of amides is 1. The van der Waals surface area contributed by atoms with E-state index in [1.54, 1.807) is 30.3 Å². The van der Waals surface area contributed by atoms with E-state index in [0.29, 0.717) is 12.2 Å². The van der Waals surface area contributed by atoms with Gasteiger partial charge >= 0.3 is 0 Å². The Morgan fingerprint density at radius 3 is 2.60 bits per heavy atom. The van der Waals surface area contributed by atoms with E-state index in [0.717, 1.165) is 11.1 Å². The van der Waals surface area contributed by atoms with E-state index in [1.165, 1.54) is 0 Å². The highest BCUT2D eigenvalue weighted by Crippen LogP contribution is 2.24. The van der Waals surface area contributed by atoms with E-state index in [-0.39, 0.29) is 23.6 Å². The average Bonchev–Trinajstić information content (AvgIpc) is 2.47. The summed E-state index contributed by atoms with van der Waals surface area (Å²) >= 11 is 0. The maximum Gasteiger partial charge on any atom is 0.224 e. The molecule has 0 atom stereocenters. The molecule has 1 aromatic carbocycles. The Morgan fingerprint density at radius 2 is 1.95 bits per heavy atom. The van der Waals surface area contributed by atoms with Gasteiger partial charge in [0, 0.05) is 12.2 Å². The number of nitrogens with zero attached hydrogens (tertiary/aromatic N) is 3. The summed E-state index contributed by atoms with van der Waals surface area (Å²) in [7, 11) is 0. The lowest BCUT2D eigenvalue weighted by Gasteiger charge is -2.20. The molecule has 0 fully saturated rings. The largest absolute Gasteiger partial charge is 0.352 e. The topological polar surface area (TPSA) is 112 Å². The third kappa shape index (κ3) is 2.43. The highest BCUT2D eigenvalue weighted by Gasteiger charge is 2.18. The SMILES string of the molecule is N#CC(C#N)=C(C#N)Nc1cccc2c1CNC(=O)C2. The maximum atomic E-state index is 11.3. The van der Waals surface area contributed by atoms with Gasteiger partial charge in [0.1, 0.15) is 23.9 Å². The summed E-state index contributed by atoms with van der Waals surface area (Å²) in [4.78, 5) is 11.3. The van der Waals surface area contributed by atoms with Crippen molar-refractivity contribution in [1.82, 2.24) is 5.32 Å². The van der Waals surface area contributed by atoms with Crippen LogP contribution in [0.4, 0.5) is 5.69 Å². The molecule has 6 heteroatoms. The first-order chi connectivity index (χ1) is 9.69. The van der Waals surface area contributed by atoms with Crippen LogP contribution in [-0.2, 0) is 17.8 Å². The van der Waals surface area contributed by atoms with Crippen LogP contribution >= 0.6 is 0 Å². The second kappa shape index (κ2) is 5.56. The lowest BCUT2D eigenvalue weighted by molar-refractivity contribution is -0.121. The molecule has 0 aromatic heterocycles. The Balaban J connectivity index is 2.42. The average molecular weight is 263 g/mol. The van der Waals surface area contributed by atoms with E-state index < -0.39 is 0 Å². The molecule has 6 nitrogen and oxygen atoms in total. The first-order valence-electron chi connectivity index (χ1n) is 5.78. The smallest absolute Gasteiger partial charge is 0.224 e. The van der Waals surface area contributed by atoms with Crippen molar-refractivity contribution in [2.45, 2.75) is 13.0 Å². The fourth-order valence-corrected chi connectivity index (χ4v) is 1.97. The van der Waals surface area contributed by atoms with E-state index in [2.05, 4.69) is 10.6 Å². The van der Waals surface area contributed by atoms with Crippen LogP contribution in [0.15, 0.2) is 29.5 Å². The summed E-state index contributed by atoms with van der Waals surface area (Å²) in [6.07, 6.45) is 0.278. The molecular weight excluding hydrogens is 254 g/mol. The number of benzene rings is 1. The second-order valence-electron chi connectivity index (χ2n) is 4.11. The van der Waals surface area contributed by atoms with Crippen LogP contribution in [0, 0.1) is 34.0 Å². The molecule has 0 spiro atoms. The third-order valence-corrected chi connectivity index (χ3v) is 2.93. The fraction of sp³-hybridized carbons (Fsp3) is 0.143. The Hall–Kier alpha value is -3.30. The van der Waals surface area contributed by atoms with Crippen molar-refractivity contribution in [2.75, 3.05) is 5.32 Å². The molecule has 2 N–H and O–H groups in total. The molecule has 0 unspecified atom stereocenters. The molecule has 1 amide bonds. The van der Waals surface area contributed by atoms with Crippen molar-refractivity contribution >= 4 is 11.6 Å². The van der Waals surface area contributed by atoms with Crippen molar-refractivity contribution in [3.8, 4) is 18.2 Å². The molecule has 0 bridgehead atoms. The Labute approximate surface area is 115 Å². The zero-order chi connectivity index (χ0) is 14.5. The monoisotopic (exact) mass is 263 g/mol. The zero-order valence-corrected chi connectivity index (χ0v) is 10.4. The number of nitriles is 3. The molecular formula is C14H9N5O. The molecule has 0 saturated heterocycles. The van der Waals surface area contributed by atoms with Crippen LogP contribution in [-0.4, -0.2) is 5.91 Å². The lowest BCUT2D eigenvalue weighted by atomic mass is 9.98. The molecule has 0 radical (unpaired) electrons. The van der Waals surface area contributed by atoms with Crippen LogP contribution in [0.5, 0.6) is 0 Å². The summed E-state index contributed by atoms with van der Waals surface area (Å²) in [6, 6.07) is 10.5. The summed E-state index contributed by atoms with van der Waals surface area (Å²) in [5.74, 6) is -0.0552. The number of hydrogen-bond acceptors (Lipinski definition) is 5. The summed E-state index contributed by atoms with van der Waals surface area (Å²) in [5.41, 5.74) is 1.97. The molecule has 1 aliphatic rings. The Kier molecular flexibility index (Phi) is 3.65.